The molecule has 0 radical (unpaired) electrons. The van der Waals surface area contributed by atoms with E-state index in [0.717, 1.165) is 12.8 Å². The van der Waals surface area contributed by atoms with Gasteiger partial charge in [-0.1, -0.05) is 17.2 Å². The maximum Gasteiger partial charge on any atom is 0.339 e. The number of ether oxygens (including phenoxy) is 1. The monoisotopic (exact) mass is 262 g/mol. The number of allylic oxidation sites excluding steroid dienone is 3. The van der Waals surface area contributed by atoms with Crippen molar-refractivity contribution in [2.75, 3.05) is 6.61 Å². The molecule has 0 saturated heterocycles. The van der Waals surface area contributed by atoms with E-state index in [2.05, 4.69) is 26.8 Å². The van der Waals surface area contributed by atoms with Crippen molar-refractivity contribution < 1.29 is 9.15 Å². The fourth-order valence-electron chi connectivity index (χ4n) is 1.63. The number of aryl methyl sites for hydroxylation is 1. The molecule has 0 aliphatic heterocycles. The van der Waals surface area contributed by atoms with Crippen LogP contribution in [-0.2, 0) is 0 Å². The third-order valence-electron chi connectivity index (χ3n) is 2.64. The molecule has 0 aliphatic rings. The second-order valence-electron chi connectivity index (χ2n) is 4.90. The lowest BCUT2D eigenvalue weighted by Crippen LogP contribution is -2.02. The molecule has 0 amide bonds. The second kappa shape index (κ2) is 7.62. The van der Waals surface area contributed by atoms with Gasteiger partial charge in [0.1, 0.15) is 18.1 Å². The van der Waals surface area contributed by atoms with Crippen molar-refractivity contribution >= 4 is 0 Å². The Morgan fingerprint density at radius 2 is 2.00 bits per heavy atom. The van der Waals surface area contributed by atoms with Crippen LogP contribution in [0.4, 0.5) is 0 Å². The molecule has 1 aromatic rings. The first-order valence-electron chi connectivity index (χ1n) is 6.51. The van der Waals surface area contributed by atoms with Crippen LogP contribution in [0.2, 0.25) is 0 Å². The van der Waals surface area contributed by atoms with E-state index in [4.69, 9.17) is 9.15 Å². The minimum absolute atomic E-state index is 0.376. The van der Waals surface area contributed by atoms with Crippen LogP contribution in [0.3, 0.4) is 0 Å². The standard InChI is InChI=1S/C16H22O3/c1-12(2)6-5-7-13(3)8-9-18-15-10-14(4)19-16(17)11-15/h6,8,10-11H,5,7,9H2,1-4H3. The summed E-state index contributed by atoms with van der Waals surface area (Å²) in [5.74, 6) is 1.12. The lowest BCUT2D eigenvalue weighted by molar-refractivity contribution is 0.351. The van der Waals surface area contributed by atoms with Crippen LogP contribution in [-0.4, -0.2) is 6.61 Å². The summed E-state index contributed by atoms with van der Waals surface area (Å²) in [6.45, 7) is 8.50. The molecule has 3 heteroatoms. The van der Waals surface area contributed by atoms with Gasteiger partial charge in [-0.2, -0.15) is 0 Å². The van der Waals surface area contributed by atoms with Crippen molar-refractivity contribution in [2.24, 2.45) is 0 Å². The van der Waals surface area contributed by atoms with Crippen LogP contribution in [0.1, 0.15) is 39.4 Å². The van der Waals surface area contributed by atoms with Gasteiger partial charge in [-0.15, -0.1) is 0 Å². The largest absolute Gasteiger partial charge is 0.489 e. The zero-order chi connectivity index (χ0) is 14.3. The Bertz CT molecular complexity index is 517. The first-order chi connectivity index (χ1) is 8.97. The predicted octanol–water partition coefficient (Wildman–Crippen LogP) is 4.02. The summed E-state index contributed by atoms with van der Waals surface area (Å²) in [6, 6.07) is 3.08. The van der Waals surface area contributed by atoms with Crippen molar-refractivity contribution in [3.63, 3.8) is 0 Å². The molecule has 1 aromatic heterocycles. The summed E-state index contributed by atoms with van der Waals surface area (Å²) >= 11 is 0. The highest BCUT2D eigenvalue weighted by molar-refractivity contribution is 5.20. The molecule has 104 valence electrons. The Balaban J connectivity index is 2.44. The van der Waals surface area contributed by atoms with Gasteiger partial charge >= 0.3 is 5.63 Å². The molecular formula is C16H22O3. The van der Waals surface area contributed by atoms with Crippen molar-refractivity contribution in [1.29, 1.82) is 0 Å². The first kappa shape index (κ1) is 15.3. The Hall–Kier alpha value is -1.77. The van der Waals surface area contributed by atoms with E-state index in [-0.39, 0.29) is 5.63 Å². The summed E-state index contributed by atoms with van der Waals surface area (Å²) in [4.78, 5) is 11.1. The summed E-state index contributed by atoms with van der Waals surface area (Å²) in [5, 5.41) is 0. The number of rotatable bonds is 6. The fourth-order valence-corrected chi connectivity index (χ4v) is 1.63. The molecule has 0 saturated carbocycles. The highest BCUT2D eigenvalue weighted by Gasteiger charge is 1.98. The van der Waals surface area contributed by atoms with E-state index >= 15 is 0 Å². The van der Waals surface area contributed by atoms with Gasteiger partial charge in [-0.05, 0) is 46.6 Å². The van der Waals surface area contributed by atoms with Crippen LogP contribution in [0.25, 0.3) is 0 Å². The van der Waals surface area contributed by atoms with Gasteiger partial charge in [0.05, 0.1) is 6.07 Å². The van der Waals surface area contributed by atoms with Gasteiger partial charge in [-0.25, -0.2) is 4.79 Å². The van der Waals surface area contributed by atoms with Crippen LogP contribution in [0.5, 0.6) is 5.75 Å². The molecule has 0 aliphatic carbocycles. The van der Waals surface area contributed by atoms with Crippen molar-refractivity contribution in [1.82, 2.24) is 0 Å². The summed E-state index contributed by atoms with van der Waals surface area (Å²) in [5.41, 5.74) is 2.26. The molecule has 19 heavy (non-hydrogen) atoms. The minimum Gasteiger partial charge on any atom is -0.489 e. The van der Waals surface area contributed by atoms with Gasteiger partial charge in [-0.3, -0.25) is 0 Å². The smallest absolute Gasteiger partial charge is 0.339 e. The van der Waals surface area contributed by atoms with Gasteiger partial charge < -0.3 is 9.15 Å². The number of hydrogen-bond donors (Lipinski definition) is 0. The van der Waals surface area contributed by atoms with Crippen LogP contribution < -0.4 is 10.4 Å². The van der Waals surface area contributed by atoms with Crippen LogP contribution in [0, 0.1) is 6.92 Å². The molecule has 0 spiro atoms. The molecule has 0 unspecified atom stereocenters. The lowest BCUT2D eigenvalue weighted by atomic mass is 10.1. The maximum absolute atomic E-state index is 11.1. The van der Waals surface area contributed by atoms with E-state index < -0.39 is 0 Å². The summed E-state index contributed by atoms with van der Waals surface area (Å²) in [6.07, 6.45) is 6.36. The fraction of sp³-hybridized carbons (Fsp3) is 0.438. The van der Waals surface area contributed by atoms with Gasteiger partial charge in [0.25, 0.3) is 0 Å². The van der Waals surface area contributed by atoms with E-state index in [1.165, 1.54) is 17.2 Å². The van der Waals surface area contributed by atoms with Crippen LogP contribution in [0.15, 0.2) is 44.6 Å². The number of hydrogen-bond acceptors (Lipinski definition) is 3. The van der Waals surface area contributed by atoms with Crippen molar-refractivity contribution in [2.45, 2.75) is 40.5 Å². The summed E-state index contributed by atoms with van der Waals surface area (Å²) < 4.78 is 10.4. The third kappa shape index (κ3) is 6.65. The highest BCUT2D eigenvalue weighted by Crippen LogP contribution is 2.11. The van der Waals surface area contributed by atoms with E-state index in [1.807, 2.05) is 6.08 Å². The third-order valence-corrected chi connectivity index (χ3v) is 2.64. The molecule has 3 nitrogen and oxygen atoms in total. The Labute approximate surface area is 114 Å². The second-order valence-corrected chi connectivity index (χ2v) is 4.90. The van der Waals surface area contributed by atoms with E-state index in [0.29, 0.717) is 18.1 Å². The molecule has 0 N–H and O–H groups in total. The summed E-state index contributed by atoms with van der Waals surface area (Å²) in [7, 11) is 0. The van der Waals surface area contributed by atoms with Gasteiger partial charge in [0.15, 0.2) is 0 Å². The molecule has 0 aromatic carbocycles. The molecular weight excluding hydrogens is 240 g/mol. The van der Waals surface area contributed by atoms with Crippen molar-refractivity contribution in [3.05, 3.63) is 51.6 Å². The zero-order valence-electron chi connectivity index (χ0n) is 12.2. The quantitative estimate of drug-likeness (QED) is 0.727. The molecule has 1 rings (SSSR count). The molecule has 0 bridgehead atoms. The van der Waals surface area contributed by atoms with E-state index in [1.54, 1.807) is 13.0 Å². The van der Waals surface area contributed by atoms with Gasteiger partial charge in [0, 0.05) is 6.07 Å². The average molecular weight is 262 g/mol. The SMILES string of the molecule is CC(C)=CCCC(C)=CCOc1cc(C)oc(=O)c1. The van der Waals surface area contributed by atoms with E-state index in [9.17, 15) is 4.79 Å². The Morgan fingerprint density at radius 3 is 2.63 bits per heavy atom. The Morgan fingerprint density at radius 1 is 1.26 bits per heavy atom. The minimum atomic E-state index is -0.376. The van der Waals surface area contributed by atoms with Crippen LogP contribution >= 0.6 is 0 Å². The topological polar surface area (TPSA) is 39.4 Å². The average Bonchev–Trinajstić information content (AvgIpc) is 2.27. The lowest BCUT2D eigenvalue weighted by Gasteiger charge is -2.04. The predicted molar refractivity (Wildman–Crippen MR) is 77.6 cm³/mol. The molecule has 0 atom stereocenters. The van der Waals surface area contributed by atoms with Gasteiger partial charge in [0.2, 0.25) is 0 Å². The normalized spacial score (nSPS) is 11.3. The molecule has 0 fully saturated rings. The zero-order valence-corrected chi connectivity index (χ0v) is 12.2. The maximum atomic E-state index is 11.1. The first-order valence-corrected chi connectivity index (χ1v) is 6.51. The Kier molecular flexibility index (Phi) is 6.13. The van der Waals surface area contributed by atoms with Crippen molar-refractivity contribution in [3.8, 4) is 5.75 Å². The molecule has 1 heterocycles. The highest BCUT2D eigenvalue weighted by atomic mass is 16.5.